The molecule has 2 unspecified atom stereocenters. The highest BCUT2D eigenvalue weighted by molar-refractivity contribution is 5.96. The molecule has 4 heterocycles. The first kappa shape index (κ1) is 27.7. The van der Waals surface area contributed by atoms with Crippen molar-refractivity contribution in [2.24, 2.45) is 0 Å². The molecule has 2 aromatic heterocycles. The zero-order chi connectivity index (χ0) is 28.8. The van der Waals surface area contributed by atoms with Crippen LogP contribution in [0.4, 0.5) is 11.5 Å². The molecule has 6 rings (SSSR count). The third-order valence-electron chi connectivity index (χ3n) is 9.12. The predicted molar refractivity (Wildman–Crippen MR) is 168 cm³/mol. The number of aromatic nitrogens is 4. The second kappa shape index (κ2) is 11.1. The molecular weight excluding hydrogens is 508 g/mol. The monoisotopic (exact) mass is 552 g/mol. The maximum atomic E-state index is 6.05. The number of hydrogen-bond acceptors (Lipinski definition) is 6. The number of H-pyrrole nitrogens is 1. The van der Waals surface area contributed by atoms with Gasteiger partial charge in [-0.05, 0) is 82.2 Å². The summed E-state index contributed by atoms with van der Waals surface area (Å²) in [7, 11) is 0. The van der Waals surface area contributed by atoms with Gasteiger partial charge in [-0.3, -0.25) is 5.10 Å². The van der Waals surface area contributed by atoms with E-state index >= 15 is 0 Å². The zero-order valence-corrected chi connectivity index (χ0v) is 25.7. The van der Waals surface area contributed by atoms with Crippen molar-refractivity contribution in [3.8, 4) is 11.4 Å². The quantitative estimate of drug-likeness (QED) is 0.277. The lowest BCUT2D eigenvalue weighted by Crippen LogP contribution is -2.45. The standard InChI is InChI=1S/C34H44N6O/c1-8-41-26-13-16-40(23(6)17-26)34-27-19-39(30-18-25(20(2)3)11-9-21(30)4)15-14-28(27)35-33(36-34)31-22(5)10-12-29-32(31)24(7)37-38-29/h9-12,18,20,23,26H,8,13-17,19H2,1-7H3,(H,37,38). The van der Waals surface area contributed by atoms with Crippen LogP contribution in [0, 0.1) is 20.8 Å². The number of nitrogens with zero attached hydrogens (tertiary/aromatic N) is 5. The van der Waals surface area contributed by atoms with Crippen LogP contribution in [0.2, 0.25) is 0 Å². The van der Waals surface area contributed by atoms with Crippen molar-refractivity contribution in [2.45, 2.75) is 92.3 Å². The van der Waals surface area contributed by atoms with Crippen molar-refractivity contribution in [2.75, 3.05) is 29.5 Å². The van der Waals surface area contributed by atoms with E-state index in [1.807, 2.05) is 0 Å². The molecule has 216 valence electrons. The Balaban J connectivity index is 1.47. The Hall–Kier alpha value is -3.45. The fourth-order valence-corrected chi connectivity index (χ4v) is 6.77. The number of hydrogen-bond donors (Lipinski definition) is 1. The van der Waals surface area contributed by atoms with E-state index in [9.17, 15) is 0 Å². The lowest BCUT2D eigenvalue weighted by molar-refractivity contribution is 0.0378. The Morgan fingerprint density at radius 2 is 1.85 bits per heavy atom. The van der Waals surface area contributed by atoms with E-state index in [0.29, 0.717) is 18.1 Å². The second-order valence-electron chi connectivity index (χ2n) is 12.3. The molecule has 1 N–H and O–H groups in total. The van der Waals surface area contributed by atoms with Crippen molar-refractivity contribution in [3.05, 3.63) is 64.0 Å². The van der Waals surface area contributed by atoms with Crippen LogP contribution in [0.3, 0.4) is 0 Å². The number of fused-ring (bicyclic) bond motifs is 2. The summed E-state index contributed by atoms with van der Waals surface area (Å²) in [5.74, 6) is 2.40. The van der Waals surface area contributed by atoms with Crippen LogP contribution in [-0.2, 0) is 17.7 Å². The molecule has 0 amide bonds. The number of rotatable bonds is 6. The first-order valence-electron chi connectivity index (χ1n) is 15.3. The highest BCUT2D eigenvalue weighted by Crippen LogP contribution is 2.38. The summed E-state index contributed by atoms with van der Waals surface area (Å²) in [5, 5.41) is 8.85. The molecule has 0 bridgehead atoms. The topological polar surface area (TPSA) is 70.2 Å². The molecule has 2 aliphatic rings. The number of piperidine rings is 1. The predicted octanol–water partition coefficient (Wildman–Crippen LogP) is 7.03. The Bertz CT molecular complexity index is 1570. The summed E-state index contributed by atoms with van der Waals surface area (Å²) >= 11 is 0. The third-order valence-corrected chi connectivity index (χ3v) is 9.12. The van der Waals surface area contributed by atoms with Gasteiger partial charge in [-0.25, -0.2) is 9.97 Å². The lowest BCUT2D eigenvalue weighted by atomic mass is 9.96. The molecule has 1 saturated heterocycles. The highest BCUT2D eigenvalue weighted by atomic mass is 16.5. The van der Waals surface area contributed by atoms with Crippen molar-refractivity contribution >= 4 is 22.4 Å². The van der Waals surface area contributed by atoms with E-state index in [1.165, 1.54) is 33.6 Å². The molecule has 1 fully saturated rings. The van der Waals surface area contributed by atoms with Gasteiger partial charge in [-0.15, -0.1) is 0 Å². The number of ether oxygens (including phenoxy) is 1. The second-order valence-corrected chi connectivity index (χ2v) is 12.3. The van der Waals surface area contributed by atoms with Crippen LogP contribution in [0.25, 0.3) is 22.3 Å². The van der Waals surface area contributed by atoms with Gasteiger partial charge in [0.1, 0.15) is 5.82 Å². The van der Waals surface area contributed by atoms with E-state index in [4.69, 9.17) is 14.7 Å². The molecule has 2 aliphatic heterocycles. The summed E-state index contributed by atoms with van der Waals surface area (Å²) < 4.78 is 6.05. The average Bonchev–Trinajstić information content (AvgIpc) is 3.33. The highest BCUT2D eigenvalue weighted by Gasteiger charge is 2.32. The van der Waals surface area contributed by atoms with Crippen molar-refractivity contribution in [1.29, 1.82) is 0 Å². The van der Waals surface area contributed by atoms with E-state index in [0.717, 1.165) is 79.3 Å². The van der Waals surface area contributed by atoms with Crippen LogP contribution in [0.5, 0.6) is 0 Å². The molecule has 7 heteroatoms. The zero-order valence-electron chi connectivity index (χ0n) is 25.7. The van der Waals surface area contributed by atoms with E-state index in [2.05, 4.69) is 98.8 Å². The van der Waals surface area contributed by atoms with Gasteiger partial charge < -0.3 is 14.5 Å². The molecule has 7 nitrogen and oxygen atoms in total. The van der Waals surface area contributed by atoms with Gasteiger partial charge in [-0.2, -0.15) is 5.10 Å². The molecule has 0 saturated carbocycles. The average molecular weight is 553 g/mol. The Morgan fingerprint density at radius 3 is 2.61 bits per heavy atom. The lowest BCUT2D eigenvalue weighted by Gasteiger charge is -2.41. The number of aryl methyl sites for hydroxylation is 3. The van der Waals surface area contributed by atoms with Gasteiger partial charge in [0, 0.05) is 66.6 Å². The largest absolute Gasteiger partial charge is 0.378 e. The third kappa shape index (κ3) is 5.09. The van der Waals surface area contributed by atoms with Crippen LogP contribution in [0.1, 0.15) is 80.1 Å². The Morgan fingerprint density at radius 1 is 1.05 bits per heavy atom. The smallest absolute Gasteiger partial charge is 0.162 e. The van der Waals surface area contributed by atoms with Crippen molar-refractivity contribution in [3.63, 3.8) is 0 Å². The SMILES string of the molecule is CCOC1CCN(c2nc(-c3c(C)ccc4n[nH]c(C)c34)nc3c2CN(c2cc(C(C)C)ccc2C)CC3)C(C)C1. The summed E-state index contributed by atoms with van der Waals surface area (Å²) in [4.78, 5) is 15.8. The number of anilines is 2. The summed E-state index contributed by atoms with van der Waals surface area (Å²) in [5.41, 5.74) is 10.8. The van der Waals surface area contributed by atoms with Crippen LogP contribution >= 0.6 is 0 Å². The number of benzene rings is 2. The van der Waals surface area contributed by atoms with Gasteiger partial charge in [0.05, 0.1) is 17.3 Å². The number of aromatic amines is 1. The van der Waals surface area contributed by atoms with Crippen LogP contribution in [0.15, 0.2) is 30.3 Å². The molecule has 0 aliphatic carbocycles. The summed E-state index contributed by atoms with van der Waals surface area (Å²) in [6.07, 6.45) is 3.23. The Kier molecular flexibility index (Phi) is 7.49. The molecule has 2 atom stereocenters. The van der Waals surface area contributed by atoms with Gasteiger partial charge in [-0.1, -0.05) is 32.0 Å². The fraction of sp³-hybridized carbons (Fsp3) is 0.500. The van der Waals surface area contributed by atoms with Gasteiger partial charge in [0.2, 0.25) is 0 Å². The molecule has 4 aromatic rings. The van der Waals surface area contributed by atoms with Crippen LogP contribution in [-0.4, -0.2) is 52.0 Å². The maximum Gasteiger partial charge on any atom is 0.162 e. The molecule has 0 radical (unpaired) electrons. The normalized spacial score (nSPS) is 19.3. The minimum absolute atomic E-state index is 0.311. The van der Waals surface area contributed by atoms with Crippen LogP contribution < -0.4 is 9.80 Å². The molecule has 0 spiro atoms. The van der Waals surface area contributed by atoms with Gasteiger partial charge in [0.15, 0.2) is 5.82 Å². The Labute approximate surface area is 244 Å². The maximum absolute atomic E-state index is 6.05. The van der Waals surface area contributed by atoms with Crippen molar-refractivity contribution < 1.29 is 4.74 Å². The van der Waals surface area contributed by atoms with Gasteiger partial charge in [0.25, 0.3) is 0 Å². The first-order chi connectivity index (χ1) is 19.7. The minimum Gasteiger partial charge on any atom is -0.378 e. The molecule has 41 heavy (non-hydrogen) atoms. The fourth-order valence-electron chi connectivity index (χ4n) is 6.77. The van der Waals surface area contributed by atoms with E-state index in [-0.39, 0.29) is 0 Å². The summed E-state index contributed by atoms with van der Waals surface area (Å²) in [6, 6.07) is 11.5. The first-order valence-corrected chi connectivity index (χ1v) is 15.3. The van der Waals surface area contributed by atoms with Crippen molar-refractivity contribution in [1.82, 2.24) is 20.2 Å². The van der Waals surface area contributed by atoms with E-state index < -0.39 is 0 Å². The van der Waals surface area contributed by atoms with Gasteiger partial charge >= 0.3 is 0 Å². The molecule has 2 aromatic carbocycles. The number of nitrogens with one attached hydrogen (secondary N) is 1. The summed E-state index contributed by atoms with van der Waals surface area (Å²) in [6.45, 7) is 18.9. The minimum atomic E-state index is 0.311. The van der Waals surface area contributed by atoms with E-state index in [1.54, 1.807) is 0 Å². The molecular formula is C34H44N6O.